The predicted octanol–water partition coefficient (Wildman–Crippen LogP) is 5.49. The summed E-state index contributed by atoms with van der Waals surface area (Å²) in [5.74, 6) is 1.34. The average molecular weight is 339 g/mol. The van der Waals surface area contributed by atoms with Gasteiger partial charge in [-0.05, 0) is 47.9 Å². The highest BCUT2D eigenvalue weighted by atomic mass is 79.9. The summed E-state index contributed by atoms with van der Waals surface area (Å²) in [6.45, 7) is 0. The molecule has 0 aliphatic heterocycles. The van der Waals surface area contributed by atoms with Gasteiger partial charge in [-0.2, -0.15) is 0 Å². The number of thioether (sulfide) groups is 1. The third-order valence-corrected chi connectivity index (χ3v) is 4.83. The number of rotatable bonds is 6. The largest absolute Gasteiger partial charge is 0.207 e. The quantitative estimate of drug-likeness (QED) is 0.496. The Morgan fingerprint density at radius 3 is 2.32 bits per heavy atom. The molecule has 0 saturated heterocycles. The van der Waals surface area contributed by atoms with Crippen molar-refractivity contribution in [3.05, 3.63) is 66.0 Å². The fraction of sp³-hybridized carbons (Fsp3) is 0.250. The van der Waals surface area contributed by atoms with E-state index in [1.165, 1.54) is 22.6 Å². The van der Waals surface area contributed by atoms with Crippen molar-refractivity contribution < 1.29 is 4.39 Å². The van der Waals surface area contributed by atoms with Gasteiger partial charge in [-0.3, -0.25) is 0 Å². The molecule has 0 nitrogen and oxygen atoms in total. The minimum absolute atomic E-state index is 0.171. The van der Waals surface area contributed by atoms with Gasteiger partial charge in [0.15, 0.2) is 0 Å². The summed E-state index contributed by atoms with van der Waals surface area (Å²) in [4.78, 5) is 1.30. The van der Waals surface area contributed by atoms with Gasteiger partial charge in [-0.25, -0.2) is 4.39 Å². The Kier molecular flexibility index (Phi) is 5.93. The van der Waals surface area contributed by atoms with E-state index in [9.17, 15) is 4.39 Å². The maximum absolute atomic E-state index is 12.9. The second-order valence-corrected chi connectivity index (χ2v) is 6.17. The Balaban J connectivity index is 1.87. The van der Waals surface area contributed by atoms with E-state index in [4.69, 9.17) is 0 Å². The van der Waals surface area contributed by atoms with Gasteiger partial charge >= 0.3 is 0 Å². The maximum atomic E-state index is 12.9. The van der Waals surface area contributed by atoms with Crippen LogP contribution in [0.1, 0.15) is 17.9 Å². The zero-order valence-electron chi connectivity index (χ0n) is 10.6. The lowest BCUT2D eigenvalue weighted by molar-refractivity contribution is 0.625. The van der Waals surface area contributed by atoms with Crippen molar-refractivity contribution in [2.45, 2.75) is 17.2 Å². The first-order chi connectivity index (χ1) is 9.29. The monoisotopic (exact) mass is 338 g/mol. The second kappa shape index (κ2) is 7.71. The van der Waals surface area contributed by atoms with Gasteiger partial charge < -0.3 is 0 Å². The lowest BCUT2D eigenvalue weighted by atomic mass is 9.99. The third kappa shape index (κ3) is 4.66. The summed E-state index contributed by atoms with van der Waals surface area (Å²) in [6, 6.07) is 17.3. The number of halogens is 2. The van der Waals surface area contributed by atoms with Crippen LogP contribution in [0.5, 0.6) is 0 Å². The van der Waals surface area contributed by atoms with Crippen molar-refractivity contribution in [2.24, 2.45) is 0 Å². The van der Waals surface area contributed by atoms with Crippen LogP contribution in [0, 0.1) is 5.82 Å². The third-order valence-electron chi connectivity index (χ3n) is 3.01. The fourth-order valence-corrected chi connectivity index (χ4v) is 3.59. The van der Waals surface area contributed by atoms with Gasteiger partial charge in [-0.1, -0.05) is 46.3 Å². The van der Waals surface area contributed by atoms with Crippen LogP contribution in [-0.2, 0) is 0 Å². The summed E-state index contributed by atoms with van der Waals surface area (Å²) in [5.41, 5.74) is 1.20. The van der Waals surface area contributed by atoms with Gasteiger partial charge in [0.2, 0.25) is 0 Å². The first kappa shape index (κ1) is 14.6. The lowest BCUT2D eigenvalue weighted by Gasteiger charge is -2.14. The number of hydrogen-bond acceptors (Lipinski definition) is 1. The van der Waals surface area contributed by atoms with E-state index in [1.807, 2.05) is 30.0 Å². The summed E-state index contributed by atoms with van der Waals surface area (Å²) in [7, 11) is 0. The van der Waals surface area contributed by atoms with Crippen LogP contribution in [0.4, 0.5) is 4.39 Å². The van der Waals surface area contributed by atoms with Crippen molar-refractivity contribution in [2.75, 3.05) is 11.1 Å². The van der Waals surface area contributed by atoms with Crippen molar-refractivity contribution in [1.29, 1.82) is 0 Å². The summed E-state index contributed by atoms with van der Waals surface area (Å²) in [6.07, 6.45) is 1.08. The zero-order valence-corrected chi connectivity index (χ0v) is 13.0. The molecule has 2 aromatic rings. The standard InChI is InChI=1S/C16H16BrFS/c17-12-14(13-6-8-15(18)9-7-13)10-11-19-16-4-2-1-3-5-16/h1-9,14H,10-12H2. The van der Waals surface area contributed by atoms with E-state index in [0.29, 0.717) is 5.92 Å². The molecule has 0 aliphatic carbocycles. The molecule has 1 atom stereocenters. The number of alkyl halides is 1. The molecule has 0 saturated carbocycles. The zero-order chi connectivity index (χ0) is 13.5. The summed E-state index contributed by atoms with van der Waals surface area (Å²) < 4.78 is 12.9. The second-order valence-electron chi connectivity index (χ2n) is 4.35. The van der Waals surface area contributed by atoms with Crippen LogP contribution < -0.4 is 0 Å². The van der Waals surface area contributed by atoms with Crippen LogP contribution >= 0.6 is 27.7 Å². The van der Waals surface area contributed by atoms with Gasteiger partial charge in [0, 0.05) is 10.2 Å². The van der Waals surface area contributed by atoms with Gasteiger partial charge in [0.25, 0.3) is 0 Å². The van der Waals surface area contributed by atoms with E-state index in [-0.39, 0.29) is 5.82 Å². The van der Waals surface area contributed by atoms with Crippen molar-refractivity contribution in [3.63, 3.8) is 0 Å². The van der Waals surface area contributed by atoms with E-state index in [0.717, 1.165) is 17.5 Å². The van der Waals surface area contributed by atoms with Crippen LogP contribution in [0.3, 0.4) is 0 Å². The molecule has 100 valence electrons. The molecule has 0 amide bonds. The molecule has 2 rings (SSSR count). The fourth-order valence-electron chi connectivity index (χ4n) is 1.90. The molecule has 1 unspecified atom stereocenters. The smallest absolute Gasteiger partial charge is 0.123 e. The predicted molar refractivity (Wildman–Crippen MR) is 84.7 cm³/mol. The van der Waals surface area contributed by atoms with Crippen molar-refractivity contribution in [3.8, 4) is 0 Å². The van der Waals surface area contributed by atoms with Crippen molar-refractivity contribution >= 4 is 27.7 Å². The minimum atomic E-state index is -0.171. The maximum Gasteiger partial charge on any atom is 0.123 e. The Hall–Kier alpha value is -0.800. The molecule has 0 N–H and O–H groups in total. The first-order valence-electron chi connectivity index (χ1n) is 6.29. The topological polar surface area (TPSA) is 0 Å². The molecular weight excluding hydrogens is 323 g/mol. The highest BCUT2D eigenvalue weighted by molar-refractivity contribution is 9.09. The van der Waals surface area contributed by atoms with E-state index in [1.54, 1.807) is 0 Å². The molecule has 0 aliphatic rings. The molecule has 2 aromatic carbocycles. The van der Waals surface area contributed by atoms with E-state index in [2.05, 4.69) is 40.2 Å². The molecule has 0 bridgehead atoms. The Morgan fingerprint density at radius 1 is 1.00 bits per heavy atom. The molecule has 0 aromatic heterocycles. The molecule has 0 heterocycles. The number of benzene rings is 2. The normalized spacial score (nSPS) is 12.3. The van der Waals surface area contributed by atoms with Gasteiger partial charge in [-0.15, -0.1) is 11.8 Å². The molecule has 0 spiro atoms. The molecule has 0 fully saturated rings. The first-order valence-corrected chi connectivity index (χ1v) is 8.39. The van der Waals surface area contributed by atoms with Crippen LogP contribution in [0.2, 0.25) is 0 Å². The Labute approximate surface area is 126 Å². The molecule has 19 heavy (non-hydrogen) atoms. The van der Waals surface area contributed by atoms with E-state index < -0.39 is 0 Å². The molecule has 0 radical (unpaired) electrons. The highest BCUT2D eigenvalue weighted by Gasteiger charge is 2.10. The van der Waals surface area contributed by atoms with Crippen LogP contribution in [0.25, 0.3) is 0 Å². The summed E-state index contributed by atoms with van der Waals surface area (Å²) in [5, 5.41) is 0.911. The molecule has 3 heteroatoms. The van der Waals surface area contributed by atoms with E-state index >= 15 is 0 Å². The molecular formula is C16H16BrFS. The van der Waals surface area contributed by atoms with Crippen LogP contribution in [-0.4, -0.2) is 11.1 Å². The SMILES string of the molecule is Fc1ccc(C(CBr)CCSc2ccccc2)cc1. The lowest BCUT2D eigenvalue weighted by Crippen LogP contribution is -2.02. The highest BCUT2D eigenvalue weighted by Crippen LogP contribution is 2.26. The minimum Gasteiger partial charge on any atom is -0.207 e. The number of hydrogen-bond donors (Lipinski definition) is 0. The van der Waals surface area contributed by atoms with Gasteiger partial charge in [0.05, 0.1) is 0 Å². The van der Waals surface area contributed by atoms with Gasteiger partial charge in [0.1, 0.15) is 5.82 Å². The van der Waals surface area contributed by atoms with Crippen molar-refractivity contribution in [1.82, 2.24) is 0 Å². The summed E-state index contributed by atoms with van der Waals surface area (Å²) >= 11 is 5.42. The Bertz CT molecular complexity index is 484. The Morgan fingerprint density at radius 2 is 1.68 bits per heavy atom. The average Bonchev–Trinajstić information content (AvgIpc) is 2.46. The van der Waals surface area contributed by atoms with Crippen LogP contribution in [0.15, 0.2) is 59.5 Å².